The van der Waals surface area contributed by atoms with E-state index in [1.807, 2.05) is 0 Å². The lowest BCUT2D eigenvalue weighted by molar-refractivity contribution is 0.621. The van der Waals surface area contributed by atoms with Gasteiger partial charge in [0.1, 0.15) is 11.6 Å². The Morgan fingerprint density at radius 2 is 1.88 bits per heavy atom. The van der Waals surface area contributed by atoms with Crippen molar-refractivity contribution in [1.29, 1.82) is 0 Å². The van der Waals surface area contributed by atoms with Crippen molar-refractivity contribution in [2.45, 2.75) is 6.54 Å². The molecule has 82 valence electrons. The number of nitrogens with zero attached hydrogens (tertiary/aromatic N) is 1. The Balaban J connectivity index is 2.58. The van der Waals surface area contributed by atoms with Crippen molar-refractivity contribution in [3.63, 3.8) is 0 Å². The van der Waals surface area contributed by atoms with Crippen LogP contribution in [-0.4, -0.2) is 4.98 Å². The molecule has 0 radical (unpaired) electrons. The van der Waals surface area contributed by atoms with Gasteiger partial charge in [-0.1, -0.05) is 6.07 Å². The molecule has 0 fully saturated rings. The van der Waals surface area contributed by atoms with Gasteiger partial charge >= 0.3 is 0 Å². The molecular formula is C12H10F2N2. The van der Waals surface area contributed by atoms with Gasteiger partial charge in [-0.05, 0) is 29.3 Å². The number of halogens is 2. The quantitative estimate of drug-likeness (QED) is 0.844. The average Bonchev–Trinajstić information content (AvgIpc) is 2.29. The van der Waals surface area contributed by atoms with Crippen LogP contribution >= 0.6 is 0 Å². The fraction of sp³-hybridized carbons (Fsp3) is 0.0833. The number of hydrogen-bond acceptors (Lipinski definition) is 2. The minimum absolute atomic E-state index is 0.270. The number of nitrogens with two attached hydrogens (primary N) is 1. The van der Waals surface area contributed by atoms with Gasteiger partial charge in [0.2, 0.25) is 0 Å². The summed E-state index contributed by atoms with van der Waals surface area (Å²) in [6.45, 7) is 0.270. The minimum atomic E-state index is -0.454. The number of rotatable bonds is 2. The SMILES string of the molecule is NCc1ccc(F)cc1-c1cncc(F)c1. The first-order chi connectivity index (χ1) is 7.70. The number of benzene rings is 1. The van der Waals surface area contributed by atoms with Crippen LogP contribution in [0.25, 0.3) is 11.1 Å². The van der Waals surface area contributed by atoms with Crippen LogP contribution in [-0.2, 0) is 6.54 Å². The van der Waals surface area contributed by atoms with E-state index in [1.165, 1.54) is 24.4 Å². The van der Waals surface area contributed by atoms with E-state index in [4.69, 9.17) is 5.73 Å². The Labute approximate surface area is 91.7 Å². The first-order valence-electron chi connectivity index (χ1n) is 4.80. The van der Waals surface area contributed by atoms with E-state index in [1.54, 1.807) is 6.07 Å². The third kappa shape index (κ3) is 2.06. The van der Waals surface area contributed by atoms with Crippen molar-refractivity contribution < 1.29 is 8.78 Å². The van der Waals surface area contributed by atoms with Crippen molar-refractivity contribution in [2.24, 2.45) is 5.73 Å². The highest BCUT2D eigenvalue weighted by molar-refractivity contribution is 5.66. The zero-order valence-corrected chi connectivity index (χ0v) is 8.45. The van der Waals surface area contributed by atoms with E-state index in [9.17, 15) is 8.78 Å². The second-order valence-corrected chi connectivity index (χ2v) is 3.40. The van der Waals surface area contributed by atoms with E-state index in [0.29, 0.717) is 11.1 Å². The van der Waals surface area contributed by atoms with Crippen LogP contribution < -0.4 is 5.73 Å². The van der Waals surface area contributed by atoms with E-state index >= 15 is 0 Å². The summed E-state index contributed by atoms with van der Waals surface area (Å²) in [4.78, 5) is 3.73. The Bertz CT molecular complexity index is 512. The second kappa shape index (κ2) is 4.37. The summed E-state index contributed by atoms with van der Waals surface area (Å²) in [6.07, 6.45) is 2.59. The monoisotopic (exact) mass is 220 g/mol. The third-order valence-electron chi connectivity index (χ3n) is 2.31. The van der Waals surface area contributed by atoms with Crippen LogP contribution in [0.2, 0.25) is 0 Å². The van der Waals surface area contributed by atoms with Gasteiger partial charge in [0, 0.05) is 18.3 Å². The summed E-state index contributed by atoms with van der Waals surface area (Å²) in [6, 6.07) is 5.56. The molecule has 0 amide bonds. The standard InChI is InChI=1S/C12H10F2N2/c13-10-2-1-8(5-15)12(4-10)9-3-11(14)7-16-6-9/h1-4,6-7H,5,15H2. The number of pyridine rings is 1. The van der Waals surface area contributed by atoms with Crippen LogP contribution in [0.15, 0.2) is 36.7 Å². The van der Waals surface area contributed by atoms with E-state index < -0.39 is 5.82 Å². The van der Waals surface area contributed by atoms with Gasteiger partial charge < -0.3 is 5.73 Å². The Morgan fingerprint density at radius 1 is 1.06 bits per heavy atom. The number of hydrogen-bond donors (Lipinski definition) is 1. The third-order valence-corrected chi connectivity index (χ3v) is 2.31. The second-order valence-electron chi connectivity index (χ2n) is 3.40. The molecule has 0 unspecified atom stereocenters. The van der Waals surface area contributed by atoms with Crippen LogP contribution in [0.3, 0.4) is 0 Å². The smallest absolute Gasteiger partial charge is 0.142 e. The van der Waals surface area contributed by atoms with E-state index in [-0.39, 0.29) is 12.4 Å². The van der Waals surface area contributed by atoms with Crippen LogP contribution in [0.1, 0.15) is 5.56 Å². The normalized spacial score (nSPS) is 10.4. The molecule has 2 rings (SSSR count). The molecule has 0 atom stereocenters. The molecule has 0 spiro atoms. The maximum atomic E-state index is 13.1. The predicted octanol–water partition coefficient (Wildman–Crippen LogP) is 2.49. The molecule has 1 aromatic heterocycles. The summed E-state index contributed by atoms with van der Waals surface area (Å²) in [5, 5.41) is 0. The molecule has 0 aliphatic rings. The maximum absolute atomic E-state index is 13.1. The van der Waals surface area contributed by atoms with Crippen LogP contribution in [0.4, 0.5) is 8.78 Å². The highest BCUT2D eigenvalue weighted by Crippen LogP contribution is 2.24. The van der Waals surface area contributed by atoms with Crippen LogP contribution in [0.5, 0.6) is 0 Å². The average molecular weight is 220 g/mol. The molecule has 0 aliphatic heterocycles. The lowest BCUT2D eigenvalue weighted by Crippen LogP contribution is -1.99. The van der Waals surface area contributed by atoms with Gasteiger partial charge in [0.05, 0.1) is 6.20 Å². The van der Waals surface area contributed by atoms with Gasteiger partial charge in [-0.25, -0.2) is 8.78 Å². The molecule has 2 N–H and O–H groups in total. The van der Waals surface area contributed by atoms with Crippen molar-refractivity contribution in [3.05, 3.63) is 53.9 Å². The topological polar surface area (TPSA) is 38.9 Å². The first-order valence-corrected chi connectivity index (χ1v) is 4.80. The van der Waals surface area contributed by atoms with Crippen molar-refractivity contribution in [1.82, 2.24) is 4.98 Å². The summed E-state index contributed by atoms with van der Waals surface area (Å²) in [5.74, 6) is -0.832. The molecule has 2 aromatic rings. The Morgan fingerprint density at radius 3 is 2.56 bits per heavy atom. The summed E-state index contributed by atoms with van der Waals surface area (Å²) in [7, 11) is 0. The molecular weight excluding hydrogens is 210 g/mol. The van der Waals surface area contributed by atoms with Crippen molar-refractivity contribution in [3.8, 4) is 11.1 Å². The molecule has 4 heteroatoms. The zero-order chi connectivity index (χ0) is 11.5. The molecule has 0 bridgehead atoms. The maximum Gasteiger partial charge on any atom is 0.142 e. The minimum Gasteiger partial charge on any atom is -0.326 e. The highest BCUT2D eigenvalue weighted by Gasteiger charge is 2.06. The Hall–Kier alpha value is -1.81. The van der Waals surface area contributed by atoms with Crippen molar-refractivity contribution >= 4 is 0 Å². The highest BCUT2D eigenvalue weighted by atomic mass is 19.1. The van der Waals surface area contributed by atoms with Gasteiger partial charge in [0.25, 0.3) is 0 Å². The van der Waals surface area contributed by atoms with Crippen LogP contribution in [0, 0.1) is 11.6 Å². The van der Waals surface area contributed by atoms with E-state index in [0.717, 1.165) is 11.8 Å². The van der Waals surface area contributed by atoms with Gasteiger partial charge in [-0.15, -0.1) is 0 Å². The first kappa shape index (κ1) is 10.7. The molecule has 0 aliphatic carbocycles. The van der Waals surface area contributed by atoms with Gasteiger partial charge in [-0.3, -0.25) is 4.98 Å². The molecule has 0 saturated heterocycles. The molecule has 1 aromatic carbocycles. The molecule has 2 nitrogen and oxygen atoms in total. The summed E-state index contributed by atoms with van der Waals surface area (Å²) < 4.78 is 26.1. The molecule has 0 saturated carbocycles. The predicted molar refractivity (Wildman–Crippen MR) is 57.5 cm³/mol. The lowest BCUT2D eigenvalue weighted by Gasteiger charge is -2.07. The van der Waals surface area contributed by atoms with E-state index in [2.05, 4.69) is 4.98 Å². The zero-order valence-electron chi connectivity index (χ0n) is 8.45. The fourth-order valence-corrected chi connectivity index (χ4v) is 1.55. The van der Waals surface area contributed by atoms with Gasteiger partial charge in [-0.2, -0.15) is 0 Å². The largest absolute Gasteiger partial charge is 0.326 e. The lowest BCUT2D eigenvalue weighted by atomic mass is 10.0. The summed E-state index contributed by atoms with van der Waals surface area (Å²) >= 11 is 0. The van der Waals surface area contributed by atoms with Crippen molar-refractivity contribution in [2.75, 3.05) is 0 Å². The van der Waals surface area contributed by atoms with Gasteiger partial charge in [0.15, 0.2) is 0 Å². The fourth-order valence-electron chi connectivity index (χ4n) is 1.55. The molecule has 1 heterocycles. The summed E-state index contributed by atoms with van der Waals surface area (Å²) in [5.41, 5.74) is 7.40. The number of aromatic nitrogens is 1. The Kier molecular flexibility index (Phi) is 2.92. The molecule has 16 heavy (non-hydrogen) atoms.